The van der Waals surface area contributed by atoms with Crippen LogP contribution in [0.2, 0.25) is 0 Å². The number of hydrogen-bond donors (Lipinski definition) is 1. The number of rotatable bonds is 2. The zero-order valence-corrected chi connectivity index (χ0v) is 9.64. The van der Waals surface area contributed by atoms with Crippen LogP contribution in [-0.4, -0.2) is 29.5 Å². The summed E-state index contributed by atoms with van der Waals surface area (Å²) < 4.78 is 6.31. The van der Waals surface area contributed by atoms with Gasteiger partial charge in [-0.2, -0.15) is 0 Å². The number of hydrogen-bond acceptors (Lipinski definition) is 4. The van der Waals surface area contributed by atoms with Crippen LogP contribution < -0.4 is 11.5 Å². The molecule has 0 unspecified atom stereocenters. The molecule has 2 N–H and O–H groups in total. The second-order valence-electron chi connectivity index (χ2n) is 3.97. The lowest BCUT2D eigenvalue weighted by atomic mass is 10.3. The highest BCUT2D eigenvalue weighted by Gasteiger charge is 2.13. The first-order valence-corrected chi connectivity index (χ1v) is 5.08. The van der Waals surface area contributed by atoms with Gasteiger partial charge in [0.05, 0.1) is 5.52 Å². The van der Waals surface area contributed by atoms with Gasteiger partial charge in [-0.25, -0.2) is 4.79 Å². The van der Waals surface area contributed by atoms with Crippen molar-refractivity contribution in [3.8, 4) is 0 Å². The number of benzene rings is 1. The largest absolute Gasteiger partial charge is 0.420 e. The summed E-state index contributed by atoms with van der Waals surface area (Å²) in [6.45, 7) is -0.0389. The smallest absolute Gasteiger partial charge is 0.408 e. The van der Waals surface area contributed by atoms with Crippen molar-refractivity contribution in [2.75, 3.05) is 19.8 Å². The van der Waals surface area contributed by atoms with Gasteiger partial charge in [0.15, 0.2) is 5.58 Å². The standard InChI is InChI=1S/C11H13N3O3/c1-13(2)10(15)6-14-8-4-3-7(12)5-9(8)17-11(14)16/h3-5H,6,12H2,1-2H3. The minimum atomic E-state index is -0.555. The Kier molecular flexibility index (Phi) is 2.63. The van der Waals surface area contributed by atoms with E-state index in [-0.39, 0.29) is 12.5 Å². The Balaban J connectivity index is 2.50. The van der Waals surface area contributed by atoms with Crippen molar-refractivity contribution < 1.29 is 9.21 Å². The number of nitrogen functional groups attached to an aromatic ring is 1. The van der Waals surface area contributed by atoms with E-state index in [0.717, 1.165) is 0 Å². The molecule has 0 atom stereocenters. The Morgan fingerprint density at radius 1 is 1.47 bits per heavy atom. The van der Waals surface area contributed by atoms with Crippen molar-refractivity contribution in [1.82, 2.24) is 9.47 Å². The highest BCUT2D eigenvalue weighted by atomic mass is 16.4. The minimum absolute atomic E-state index is 0.0389. The summed E-state index contributed by atoms with van der Waals surface area (Å²) in [5.41, 5.74) is 7.06. The van der Waals surface area contributed by atoms with E-state index in [0.29, 0.717) is 16.8 Å². The first kappa shape index (κ1) is 11.3. The lowest BCUT2D eigenvalue weighted by Gasteiger charge is -2.09. The number of oxazole rings is 1. The fourth-order valence-corrected chi connectivity index (χ4v) is 1.51. The first-order valence-electron chi connectivity index (χ1n) is 5.08. The Labute approximate surface area is 97.2 Å². The molecule has 90 valence electrons. The van der Waals surface area contributed by atoms with Crippen molar-refractivity contribution >= 4 is 22.7 Å². The Bertz CT molecular complexity index is 624. The van der Waals surface area contributed by atoms with Crippen LogP contribution >= 0.6 is 0 Å². The van der Waals surface area contributed by atoms with Gasteiger partial charge in [0.2, 0.25) is 5.91 Å². The van der Waals surface area contributed by atoms with Crippen LogP contribution in [0.25, 0.3) is 11.1 Å². The van der Waals surface area contributed by atoms with Crippen LogP contribution in [0.1, 0.15) is 0 Å². The summed E-state index contributed by atoms with van der Waals surface area (Å²) in [7, 11) is 3.27. The third kappa shape index (κ3) is 2.01. The molecule has 2 aromatic rings. The quantitative estimate of drug-likeness (QED) is 0.757. The van der Waals surface area contributed by atoms with E-state index in [2.05, 4.69) is 0 Å². The number of aromatic nitrogens is 1. The van der Waals surface area contributed by atoms with Gasteiger partial charge in [-0.1, -0.05) is 0 Å². The number of fused-ring (bicyclic) bond motifs is 1. The lowest BCUT2D eigenvalue weighted by molar-refractivity contribution is -0.129. The number of likely N-dealkylation sites (N-methyl/N-ethyl adjacent to an activating group) is 1. The molecule has 0 aliphatic heterocycles. The average molecular weight is 235 g/mol. The van der Waals surface area contributed by atoms with Gasteiger partial charge < -0.3 is 15.1 Å². The molecule has 17 heavy (non-hydrogen) atoms. The summed E-state index contributed by atoms with van der Waals surface area (Å²) in [5.74, 6) is -0.729. The fourth-order valence-electron chi connectivity index (χ4n) is 1.51. The summed E-state index contributed by atoms with van der Waals surface area (Å²) in [6, 6.07) is 4.89. The second kappa shape index (κ2) is 3.97. The molecule has 1 amide bonds. The van der Waals surface area contributed by atoms with E-state index in [9.17, 15) is 9.59 Å². The van der Waals surface area contributed by atoms with Gasteiger partial charge in [-0.3, -0.25) is 9.36 Å². The van der Waals surface area contributed by atoms with Crippen molar-refractivity contribution in [2.45, 2.75) is 6.54 Å². The van der Waals surface area contributed by atoms with Crippen molar-refractivity contribution in [1.29, 1.82) is 0 Å². The first-order chi connectivity index (χ1) is 7.99. The molecule has 1 heterocycles. The van der Waals surface area contributed by atoms with E-state index in [1.807, 2.05) is 0 Å². The van der Waals surface area contributed by atoms with Crippen LogP contribution in [0.15, 0.2) is 27.4 Å². The van der Waals surface area contributed by atoms with Crippen molar-refractivity contribution in [2.24, 2.45) is 0 Å². The maximum Gasteiger partial charge on any atom is 0.420 e. The zero-order chi connectivity index (χ0) is 12.6. The summed E-state index contributed by atoms with van der Waals surface area (Å²) in [5, 5.41) is 0. The molecular formula is C11H13N3O3. The van der Waals surface area contributed by atoms with E-state index < -0.39 is 5.76 Å². The molecule has 0 saturated heterocycles. The van der Waals surface area contributed by atoms with E-state index >= 15 is 0 Å². The molecule has 1 aromatic heterocycles. The van der Waals surface area contributed by atoms with Crippen molar-refractivity contribution in [3.05, 3.63) is 28.7 Å². The highest BCUT2D eigenvalue weighted by Crippen LogP contribution is 2.16. The Morgan fingerprint density at radius 2 is 2.18 bits per heavy atom. The monoisotopic (exact) mass is 235 g/mol. The predicted molar refractivity (Wildman–Crippen MR) is 63.6 cm³/mol. The molecule has 0 fully saturated rings. The van der Waals surface area contributed by atoms with Crippen LogP contribution in [-0.2, 0) is 11.3 Å². The molecule has 0 aliphatic carbocycles. The number of carbonyl (C=O) groups is 1. The third-order valence-electron chi connectivity index (χ3n) is 2.48. The lowest BCUT2D eigenvalue weighted by Crippen LogP contribution is -2.29. The summed E-state index contributed by atoms with van der Waals surface area (Å²) in [4.78, 5) is 24.6. The van der Waals surface area contributed by atoms with Crippen LogP contribution in [0.4, 0.5) is 5.69 Å². The van der Waals surface area contributed by atoms with Crippen molar-refractivity contribution in [3.63, 3.8) is 0 Å². The highest BCUT2D eigenvalue weighted by molar-refractivity contribution is 5.80. The van der Waals surface area contributed by atoms with Gasteiger partial charge in [0.1, 0.15) is 6.54 Å². The normalized spacial score (nSPS) is 10.7. The molecule has 1 aromatic carbocycles. The molecule has 6 nitrogen and oxygen atoms in total. The van der Waals surface area contributed by atoms with E-state index in [4.69, 9.17) is 10.2 Å². The van der Waals surface area contributed by atoms with Gasteiger partial charge in [0, 0.05) is 25.8 Å². The van der Waals surface area contributed by atoms with Crippen LogP contribution in [0, 0.1) is 0 Å². The fraction of sp³-hybridized carbons (Fsp3) is 0.273. The number of nitrogens with two attached hydrogens (primary N) is 1. The molecular weight excluding hydrogens is 222 g/mol. The van der Waals surface area contributed by atoms with Gasteiger partial charge in [-0.05, 0) is 12.1 Å². The van der Waals surface area contributed by atoms with Gasteiger partial charge >= 0.3 is 5.76 Å². The molecule has 0 saturated carbocycles. The van der Waals surface area contributed by atoms with Gasteiger partial charge in [0.25, 0.3) is 0 Å². The SMILES string of the molecule is CN(C)C(=O)Cn1c(=O)oc2cc(N)ccc21. The number of nitrogens with zero attached hydrogens (tertiary/aromatic N) is 2. The second-order valence-corrected chi connectivity index (χ2v) is 3.97. The Morgan fingerprint density at radius 3 is 2.82 bits per heavy atom. The minimum Gasteiger partial charge on any atom is -0.408 e. The summed E-state index contributed by atoms with van der Waals surface area (Å²) >= 11 is 0. The number of carbonyl (C=O) groups excluding carboxylic acids is 1. The van der Waals surface area contributed by atoms with Gasteiger partial charge in [-0.15, -0.1) is 0 Å². The Hall–Kier alpha value is -2.24. The summed E-state index contributed by atoms with van der Waals surface area (Å²) in [6.07, 6.45) is 0. The third-order valence-corrected chi connectivity index (χ3v) is 2.48. The van der Waals surface area contributed by atoms with Crippen LogP contribution in [0.3, 0.4) is 0 Å². The number of anilines is 1. The zero-order valence-electron chi connectivity index (χ0n) is 9.64. The molecule has 0 aliphatic rings. The molecule has 2 rings (SSSR count). The van der Waals surface area contributed by atoms with E-state index in [1.54, 1.807) is 32.3 Å². The maximum absolute atomic E-state index is 11.6. The topological polar surface area (TPSA) is 81.5 Å². The average Bonchev–Trinajstić information content (AvgIpc) is 2.54. The number of amides is 1. The van der Waals surface area contributed by atoms with Crippen LogP contribution in [0.5, 0.6) is 0 Å². The molecule has 0 radical (unpaired) electrons. The predicted octanol–water partition coefficient (Wildman–Crippen LogP) is 0.265. The van der Waals surface area contributed by atoms with E-state index in [1.165, 1.54) is 9.47 Å². The molecule has 0 spiro atoms. The molecule has 0 bridgehead atoms. The maximum atomic E-state index is 11.6. The molecule has 6 heteroatoms.